The molecule has 2 aromatic rings. The summed E-state index contributed by atoms with van der Waals surface area (Å²) in [5.74, 6) is -0.315. The molecule has 1 heterocycles. The van der Waals surface area contributed by atoms with E-state index in [1.165, 1.54) is 6.07 Å². The molecule has 3 rings (SSSR count). The van der Waals surface area contributed by atoms with E-state index < -0.39 is 17.0 Å². The SMILES string of the molecule is O=C1NC(=Nc2cccc(Cl)c2Cl)SC1Cc1cccc(C(F)(F)F)c1. The van der Waals surface area contributed by atoms with Gasteiger partial charge in [-0.1, -0.05) is 59.2 Å². The lowest BCUT2D eigenvalue weighted by Gasteiger charge is -2.10. The van der Waals surface area contributed by atoms with Crippen LogP contribution in [0.1, 0.15) is 11.1 Å². The molecule has 1 aliphatic rings. The van der Waals surface area contributed by atoms with Gasteiger partial charge in [0.2, 0.25) is 5.91 Å². The molecular weight excluding hydrogens is 408 g/mol. The number of nitrogens with one attached hydrogen (secondary N) is 1. The first-order chi connectivity index (χ1) is 12.2. The number of carbonyl (C=O) groups is 1. The summed E-state index contributed by atoms with van der Waals surface area (Å²) in [7, 11) is 0. The summed E-state index contributed by atoms with van der Waals surface area (Å²) >= 11 is 13.1. The van der Waals surface area contributed by atoms with E-state index in [-0.39, 0.29) is 17.4 Å². The van der Waals surface area contributed by atoms with Crippen molar-refractivity contribution in [2.24, 2.45) is 4.99 Å². The topological polar surface area (TPSA) is 41.5 Å². The molecule has 0 bridgehead atoms. The number of amidine groups is 1. The number of alkyl halides is 3. The van der Waals surface area contributed by atoms with Gasteiger partial charge in [-0.2, -0.15) is 13.2 Å². The highest BCUT2D eigenvalue weighted by molar-refractivity contribution is 8.15. The molecule has 1 fully saturated rings. The molecule has 1 atom stereocenters. The Bertz CT molecular complexity index is 887. The van der Waals surface area contributed by atoms with Gasteiger partial charge in [-0.25, -0.2) is 4.99 Å². The van der Waals surface area contributed by atoms with Gasteiger partial charge >= 0.3 is 6.18 Å². The van der Waals surface area contributed by atoms with Gasteiger partial charge in [-0.3, -0.25) is 4.79 Å². The van der Waals surface area contributed by atoms with Crippen molar-refractivity contribution in [2.45, 2.75) is 17.8 Å². The quantitative estimate of drug-likeness (QED) is 0.717. The van der Waals surface area contributed by atoms with Crippen LogP contribution in [0.3, 0.4) is 0 Å². The number of carbonyl (C=O) groups excluding carboxylic acids is 1. The molecule has 2 aromatic carbocycles. The first kappa shape index (κ1) is 19.1. The summed E-state index contributed by atoms with van der Waals surface area (Å²) < 4.78 is 38.4. The monoisotopic (exact) mass is 418 g/mol. The third kappa shape index (κ3) is 4.34. The minimum atomic E-state index is -4.42. The minimum absolute atomic E-state index is 0.155. The summed E-state index contributed by atoms with van der Waals surface area (Å²) in [5, 5.41) is 2.97. The maximum absolute atomic E-state index is 12.8. The molecular formula is C17H11Cl2F3N2OS. The molecule has 0 spiro atoms. The van der Waals surface area contributed by atoms with Gasteiger partial charge in [0.25, 0.3) is 0 Å². The number of benzene rings is 2. The van der Waals surface area contributed by atoms with E-state index in [0.29, 0.717) is 21.4 Å². The Kier molecular flexibility index (Phi) is 5.50. The fourth-order valence-corrected chi connectivity index (χ4v) is 3.73. The smallest absolute Gasteiger partial charge is 0.304 e. The molecule has 1 saturated heterocycles. The van der Waals surface area contributed by atoms with Crippen molar-refractivity contribution in [2.75, 3.05) is 0 Å². The van der Waals surface area contributed by atoms with Gasteiger partial charge in [0.15, 0.2) is 5.17 Å². The Labute approximate surface area is 161 Å². The van der Waals surface area contributed by atoms with Crippen LogP contribution in [0.5, 0.6) is 0 Å². The second kappa shape index (κ2) is 7.50. The maximum Gasteiger partial charge on any atom is 0.416 e. The zero-order valence-electron chi connectivity index (χ0n) is 13.0. The van der Waals surface area contributed by atoms with Crippen LogP contribution in [-0.2, 0) is 17.4 Å². The van der Waals surface area contributed by atoms with E-state index in [1.807, 2.05) is 0 Å². The van der Waals surface area contributed by atoms with Crippen molar-refractivity contribution in [1.29, 1.82) is 0 Å². The van der Waals surface area contributed by atoms with Crippen molar-refractivity contribution in [3.63, 3.8) is 0 Å². The molecule has 0 aliphatic carbocycles. The highest BCUT2D eigenvalue weighted by atomic mass is 35.5. The van der Waals surface area contributed by atoms with Crippen LogP contribution in [0.2, 0.25) is 10.0 Å². The Balaban J connectivity index is 1.77. The third-order valence-corrected chi connectivity index (χ3v) is 5.50. The van der Waals surface area contributed by atoms with Crippen LogP contribution in [0.25, 0.3) is 0 Å². The predicted octanol–water partition coefficient (Wildman–Crippen LogP) is 5.47. The maximum atomic E-state index is 12.8. The predicted molar refractivity (Wildman–Crippen MR) is 98.2 cm³/mol. The summed E-state index contributed by atoms with van der Waals surface area (Å²) in [6.45, 7) is 0. The Hall–Kier alpha value is -1.70. The normalized spacial score (nSPS) is 19.0. The van der Waals surface area contributed by atoms with Gasteiger partial charge < -0.3 is 5.32 Å². The van der Waals surface area contributed by atoms with Crippen LogP contribution in [0.15, 0.2) is 47.5 Å². The van der Waals surface area contributed by atoms with Crippen LogP contribution in [0, 0.1) is 0 Å². The minimum Gasteiger partial charge on any atom is -0.304 e. The number of hydrogen-bond donors (Lipinski definition) is 1. The van der Waals surface area contributed by atoms with Crippen molar-refractivity contribution in [3.05, 3.63) is 63.6 Å². The molecule has 0 aromatic heterocycles. The van der Waals surface area contributed by atoms with Crippen LogP contribution >= 0.6 is 35.0 Å². The van der Waals surface area contributed by atoms with E-state index in [1.54, 1.807) is 24.3 Å². The zero-order valence-corrected chi connectivity index (χ0v) is 15.3. The average Bonchev–Trinajstić information content (AvgIpc) is 2.91. The lowest BCUT2D eigenvalue weighted by atomic mass is 10.1. The van der Waals surface area contributed by atoms with Gasteiger partial charge in [0, 0.05) is 0 Å². The van der Waals surface area contributed by atoms with E-state index in [0.717, 1.165) is 23.9 Å². The summed E-state index contributed by atoms with van der Waals surface area (Å²) in [4.78, 5) is 16.4. The number of halogens is 5. The molecule has 0 radical (unpaired) electrons. The Morgan fingerprint density at radius 1 is 1.15 bits per heavy atom. The van der Waals surface area contributed by atoms with E-state index in [4.69, 9.17) is 23.2 Å². The number of aliphatic imine (C=N–C) groups is 1. The first-order valence-electron chi connectivity index (χ1n) is 7.40. The summed E-state index contributed by atoms with van der Waals surface area (Å²) in [6, 6.07) is 9.88. The molecule has 26 heavy (non-hydrogen) atoms. The van der Waals surface area contributed by atoms with Gasteiger partial charge in [-0.05, 0) is 30.2 Å². The van der Waals surface area contributed by atoms with Gasteiger partial charge in [-0.15, -0.1) is 0 Å². The molecule has 1 amide bonds. The number of rotatable bonds is 3. The van der Waals surface area contributed by atoms with E-state index in [9.17, 15) is 18.0 Å². The van der Waals surface area contributed by atoms with Crippen LogP contribution in [0.4, 0.5) is 18.9 Å². The molecule has 9 heteroatoms. The summed E-state index contributed by atoms with van der Waals surface area (Å²) in [5.41, 5.74) is 0.0919. The molecule has 3 nitrogen and oxygen atoms in total. The third-order valence-electron chi connectivity index (χ3n) is 3.61. The van der Waals surface area contributed by atoms with Crippen molar-refractivity contribution in [3.8, 4) is 0 Å². The highest BCUT2D eigenvalue weighted by Gasteiger charge is 2.33. The first-order valence-corrected chi connectivity index (χ1v) is 9.04. The highest BCUT2D eigenvalue weighted by Crippen LogP contribution is 2.34. The lowest BCUT2D eigenvalue weighted by molar-refractivity contribution is -0.137. The number of thioether (sulfide) groups is 1. The lowest BCUT2D eigenvalue weighted by Crippen LogP contribution is -2.26. The fourth-order valence-electron chi connectivity index (χ4n) is 2.37. The van der Waals surface area contributed by atoms with Gasteiger partial charge in [0.1, 0.15) is 0 Å². The van der Waals surface area contributed by atoms with E-state index >= 15 is 0 Å². The number of hydrogen-bond acceptors (Lipinski definition) is 3. The molecule has 0 saturated carbocycles. The largest absolute Gasteiger partial charge is 0.416 e. The number of nitrogens with zero attached hydrogens (tertiary/aromatic N) is 1. The van der Waals surface area contributed by atoms with E-state index in [2.05, 4.69) is 10.3 Å². The molecule has 1 aliphatic heterocycles. The van der Waals surface area contributed by atoms with Crippen LogP contribution < -0.4 is 5.32 Å². The zero-order chi connectivity index (χ0) is 18.9. The molecule has 1 N–H and O–H groups in total. The standard InChI is InChI=1S/C17H11Cl2F3N2OS/c18-11-5-2-6-12(14(11)19)23-16-24-15(25)13(26-16)8-9-3-1-4-10(7-9)17(20,21)22/h1-7,13H,8H2,(H,23,24,25). The average molecular weight is 419 g/mol. The van der Waals surface area contributed by atoms with Crippen LogP contribution in [-0.4, -0.2) is 16.3 Å². The summed E-state index contributed by atoms with van der Waals surface area (Å²) in [6.07, 6.45) is -4.26. The number of amides is 1. The van der Waals surface area contributed by atoms with Crippen molar-refractivity contribution < 1.29 is 18.0 Å². The van der Waals surface area contributed by atoms with Gasteiger partial charge in [0.05, 0.1) is 26.5 Å². The van der Waals surface area contributed by atoms with Crippen molar-refractivity contribution >= 4 is 51.7 Å². The Morgan fingerprint density at radius 3 is 2.62 bits per heavy atom. The second-order valence-electron chi connectivity index (χ2n) is 5.49. The molecule has 136 valence electrons. The molecule has 1 unspecified atom stereocenters. The Morgan fingerprint density at radius 2 is 1.88 bits per heavy atom. The second-order valence-corrected chi connectivity index (χ2v) is 7.46. The fraction of sp³-hybridized carbons (Fsp3) is 0.176. The van der Waals surface area contributed by atoms with Crippen molar-refractivity contribution in [1.82, 2.24) is 5.32 Å².